The van der Waals surface area contributed by atoms with Crippen LogP contribution in [0.4, 0.5) is 5.69 Å². The third kappa shape index (κ3) is 2.96. The van der Waals surface area contributed by atoms with Crippen LogP contribution >= 0.6 is 0 Å². The standard InChI is InChI=1S/C14H12N2O3S/c15-9-11-4-3-6-13(8-11)20(18,19)16-14-7-2-1-5-12(14)10-17/h1-8,16-17H,10H2. The number of nitrogens with zero attached hydrogens (tertiary/aromatic N) is 1. The zero-order chi connectivity index (χ0) is 14.6. The van der Waals surface area contributed by atoms with Gasteiger partial charge in [0.1, 0.15) is 0 Å². The third-order valence-electron chi connectivity index (χ3n) is 2.71. The fraction of sp³-hybridized carbons (Fsp3) is 0.0714. The molecular formula is C14H12N2O3S. The van der Waals surface area contributed by atoms with Crippen LogP contribution in [-0.4, -0.2) is 13.5 Å². The van der Waals surface area contributed by atoms with Crippen LogP contribution in [-0.2, 0) is 16.6 Å². The molecule has 0 spiro atoms. The van der Waals surface area contributed by atoms with Crippen molar-refractivity contribution < 1.29 is 13.5 Å². The Morgan fingerprint density at radius 1 is 1.15 bits per heavy atom. The first-order valence-electron chi connectivity index (χ1n) is 5.78. The number of aliphatic hydroxyl groups is 1. The molecule has 2 aromatic rings. The Bertz CT molecular complexity index is 764. The minimum Gasteiger partial charge on any atom is -0.392 e. The van der Waals surface area contributed by atoms with Crippen molar-refractivity contribution in [3.63, 3.8) is 0 Å². The second kappa shape index (κ2) is 5.74. The van der Waals surface area contributed by atoms with E-state index in [4.69, 9.17) is 5.26 Å². The van der Waals surface area contributed by atoms with Gasteiger partial charge in [-0.15, -0.1) is 0 Å². The van der Waals surface area contributed by atoms with Crippen molar-refractivity contribution in [2.24, 2.45) is 0 Å². The molecule has 6 heteroatoms. The molecule has 0 amide bonds. The summed E-state index contributed by atoms with van der Waals surface area (Å²) >= 11 is 0. The van der Waals surface area contributed by atoms with E-state index in [1.165, 1.54) is 24.3 Å². The summed E-state index contributed by atoms with van der Waals surface area (Å²) in [5.74, 6) is 0. The minimum atomic E-state index is -3.79. The van der Waals surface area contributed by atoms with Crippen LogP contribution < -0.4 is 4.72 Å². The number of nitriles is 1. The van der Waals surface area contributed by atoms with Crippen molar-refractivity contribution in [1.82, 2.24) is 0 Å². The number of hydrogen-bond acceptors (Lipinski definition) is 4. The summed E-state index contributed by atoms with van der Waals surface area (Å²) in [7, 11) is -3.79. The lowest BCUT2D eigenvalue weighted by Gasteiger charge is -2.11. The molecule has 0 heterocycles. The highest BCUT2D eigenvalue weighted by molar-refractivity contribution is 7.92. The van der Waals surface area contributed by atoms with Crippen molar-refractivity contribution in [2.45, 2.75) is 11.5 Å². The molecule has 102 valence electrons. The molecule has 0 aliphatic carbocycles. The molecule has 0 unspecified atom stereocenters. The van der Waals surface area contributed by atoms with Gasteiger partial charge in [0.05, 0.1) is 28.8 Å². The molecule has 0 saturated heterocycles. The van der Waals surface area contributed by atoms with Crippen LogP contribution in [0.1, 0.15) is 11.1 Å². The van der Waals surface area contributed by atoms with E-state index in [1.54, 1.807) is 24.3 Å². The molecule has 20 heavy (non-hydrogen) atoms. The average molecular weight is 288 g/mol. The van der Waals surface area contributed by atoms with E-state index in [0.717, 1.165) is 0 Å². The molecule has 0 radical (unpaired) electrons. The molecule has 0 atom stereocenters. The second-order valence-corrected chi connectivity index (χ2v) is 5.74. The Hall–Kier alpha value is -2.36. The van der Waals surface area contributed by atoms with Gasteiger partial charge in [0.2, 0.25) is 0 Å². The zero-order valence-electron chi connectivity index (χ0n) is 10.4. The second-order valence-electron chi connectivity index (χ2n) is 4.06. The molecule has 5 nitrogen and oxygen atoms in total. The van der Waals surface area contributed by atoms with Crippen LogP contribution in [0.15, 0.2) is 53.4 Å². The molecular weight excluding hydrogens is 276 g/mol. The largest absolute Gasteiger partial charge is 0.392 e. The van der Waals surface area contributed by atoms with E-state index in [-0.39, 0.29) is 17.1 Å². The molecule has 0 aliphatic rings. The summed E-state index contributed by atoms with van der Waals surface area (Å²) < 4.78 is 26.9. The molecule has 0 aliphatic heterocycles. The number of hydrogen-bond donors (Lipinski definition) is 2. The maximum atomic E-state index is 12.2. The lowest BCUT2D eigenvalue weighted by molar-refractivity contribution is 0.282. The fourth-order valence-electron chi connectivity index (χ4n) is 1.69. The number of rotatable bonds is 4. The Kier molecular flexibility index (Phi) is 4.03. The lowest BCUT2D eigenvalue weighted by Crippen LogP contribution is -2.14. The van der Waals surface area contributed by atoms with Crippen LogP contribution in [0.3, 0.4) is 0 Å². The Balaban J connectivity index is 2.38. The monoisotopic (exact) mass is 288 g/mol. The summed E-state index contributed by atoms with van der Waals surface area (Å²) in [6.07, 6.45) is 0. The minimum absolute atomic E-state index is 0.00397. The normalized spacial score (nSPS) is 10.8. The number of para-hydroxylation sites is 1. The van der Waals surface area contributed by atoms with Gasteiger partial charge in [-0.3, -0.25) is 4.72 Å². The Labute approximate surface area is 117 Å². The maximum Gasteiger partial charge on any atom is 0.261 e. The van der Waals surface area contributed by atoms with Gasteiger partial charge in [-0.2, -0.15) is 5.26 Å². The topological polar surface area (TPSA) is 90.2 Å². The highest BCUT2D eigenvalue weighted by atomic mass is 32.2. The zero-order valence-corrected chi connectivity index (χ0v) is 11.3. The van der Waals surface area contributed by atoms with Gasteiger partial charge in [0, 0.05) is 5.56 Å². The summed E-state index contributed by atoms with van der Waals surface area (Å²) in [6, 6.07) is 14.2. The van der Waals surface area contributed by atoms with Gasteiger partial charge in [-0.25, -0.2) is 8.42 Å². The van der Waals surface area contributed by atoms with Crippen molar-refractivity contribution in [3.8, 4) is 6.07 Å². The first-order valence-corrected chi connectivity index (χ1v) is 7.27. The molecule has 2 aromatic carbocycles. The third-order valence-corrected chi connectivity index (χ3v) is 4.07. The number of anilines is 1. The first-order chi connectivity index (χ1) is 9.56. The average Bonchev–Trinajstić information content (AvgIpc) is 2.47. The summed E-state index contributed by atoms with van der Waals surface area (Å²) in [4.78, 5) is 0.00397. The molecule has 0 fully saturated rings. The molecule has 2 rings (SSSR count). The van der Waals surface area contributed by atoms with E-state index in [9.17, 15) is 13.5 Å². The quantitative estimate of drug-likeness (QED) is 0.898. The fourth-order valence-corrected chi connectivity index (χ4v) is 2.84. The van der Waals surface area contributed by atoms with E-state index in [1.807, 2.05) is 6.07 Å². The highest BCUT2D eigenvalue weighted by Gasteiger charge is 2.16. The molecule has 0 saturated carbocycles. The van der Waals surface area contributed by atoms with E-state index >= 15 is 0 Å². The Morgan fingerprint density at radius 3 is 2.60 bits per heavy atom. The highest BCUT2D eigenvalue weighted by Crippen LogP contribution is 2.20. The van der Waals surface area contributed by atoms with Crippen molar-refractivity contribution in [3.05, 3.63) is 59.7 Å². The van der Waals surface area contributed by atoms with Crippen molar-refractivity contribution in [1.29, 1.82) is 5.26 Å². The lowest BCUT2D eigenvalue weighted by atomic mass is 10.2. The van der Waals surface area contributed by atoms with Crippen molar-refractivity contribution >= 4 is 15.7 Å². The van der Waals surface area contributed by atoms with E-state index in [0.29, 0.717) is 11.3 Å². The number of nitrogens with one attached hydrogen (secondary N) is 1. The van der Waals surface area contributed by atoms with Gasteiger partial charge in [-0.1, -0.05) is 24.3 Å². The number of benzene rings is 2. The number of aliphatic hydroxyl groups excluding tert-OH is 1. The summed E-state index contributed by atoms with van der Waals surface area (Å²) in [5.41, 5.74) is 1.06. The predicted molar refractivity (Wildman–Crippen MR) is 74.3 cm³/mol. The Morgan fingerprint density at radius 2 is 1.90 bits per heavy atom. The van der Waals surface area contributed by atoms with E-state index in [2.05, 4.69) is 4.72 Å². The number of sulfonamides is 1. The SMILES string of the molecule is N#Cc1cccc(S(=O)(=O)Nc2ccccc2CO)c1. The van der Waals surface area contributed by atoms with Gasteiger partial charge in [0.15, 0.2) is 0 Å². The molecule has 2 N–H and O–H groups in total. The van der Waals surface area contributed by atoms with Crippen LogP contribution in [0.5, 0.6) is 0 Å². The van der Waals surface area contributed by atoms with Gasteiger partial charge in [0.25, 0.3) is 10.0 Å². The van der Waals surface area contributed by atoms with Crippen LogP contribution in [0.2, 0.25) is 0 Å². The van der Waals surface area contributed by atoms with Gasteiger partial charge < -0.3 is 5.11 Å². The smallest absolute Gasteiger partial charge is 0.261 e. The first kappa shape index (κ1) is 14.1. The summed E-state index contributed by atoms with van der Waals surface area (Å²) in [5, 5.41) is 18.0. The van der Waals surface area contributed by atoms with Gasteiger partial charge in [-0.05, 0) is 24.3 Å². The summed E-state index contributed by atoms with van der Waals surface area (Å²) in [6.45, 7) is -0.267. The van der Waals surface area contributed by atoms with Crippen LogP contribution in [0.25, 0.3) is 0 Å². The van der Waals surface area contributed by atoms with Crippen LogP contribution in [0, 0.1) is 11.3 Å². The molecule has 0 aromatic heterocycles. The molecule has 0 bridgehead atoms. The van der Waals surface area contributed by atoms with Gasteiger partial charge >= 0.3 is 0 Å². The predicted octanol–water partition coefficient (Wildman–Crippen LogP) is 1.85. The maximum absolute atomic E-state index is 12.2. The van der Waals surface area contributed by atoms with E-state index < -0.39 is 10.0 Å². The van der Waals surface area contributed by atoms with Crippen molar-refractivity contribution in [2.75, 3.05) is 4.72 Å².